The van der Waals surface area contributed by atoms with Gasteiger partial charge in [-0.3, -0.25) is 0 Å². The number of sulfonamides is 1. The van der Waals surface area contributed by atoms with Gasteiger partial charge in [0.05, 0.1) is 11.4 Å². The second-order valence-electron chi connectivity index (χ2n) is 8.87. The van der Waals surface area contributed by atoms with E-state index in [0.29, 0.717) is 38.0 Å². The van der Waals surface area contributed by atoms with Crippen LogP contribution in [0, 0.1) is 5.92 Å². The quantitative estimate of drug-likeness (QED) is 0.574. The van der Waals surface area contributed by atoms with Crippen molar-refractivity contribution >= 4 is 16.1 Å². The van der Waals surface area contributed by atoms with Crippen LogP contribution in [0.25, 0.3) is 0 Å². The van der Waals surface area contributed by atoms with Gasteiger partial charge >= 0.3 is 6.03 Å². The van der Waals surface area contributed by atoms with E-state index >= 15 is 0 Å². The average molecular weight is 460 g/mol. The molecule has 2 aliphatic carbocycles. The molecule has 174 valence electrons. The molecule has 2 aromatic rings. The zero-order valence-corrected chi connectivity index (χ0v) is 19.9. The summed E-state index contributed by atoms with van der Waals surface area (Å²) < 4.78 is 32.7. The molecule has 2 atom stereocenters. The van der Waals surface area contributed by atoms with Gasteiger partial charge in [-0.05, 0) is 55.0 Å². The van der Waals surface area contributed by atoms with Crippen molar-refractivity contribution < 1.29 is 17.6 Å². The zero-order chi connectivity index (χ0) is 22.9. The lowest BCUT2D eigenvalue weighted by Crippen LogP contribution is -2.40. The van der Waals surface area contributed by atoms with Crippen LogP contribution < -0.4 is 5.32 Å². The van der Waals surface area contributed by atoms with Crippen LogP contribution in [0.15, 0.2) is 45.7 Å². The third-order valence-electron chi connectivity index (χ3n) is 6.44. The van der Waals surface area contributed by atoms with Gasteiger partial charge in [0.15, 0.2) is 0 Å². The Labute approximate surface area is 190 Å². The van der Waals surface area contributed by atoms with E-state index in [1.165, 1.54) is 10.7 Å². The summed E-state index contributed by atoms with van der Waals surface area (Å²) in [6.45, 7) is 7.56. The summed E-state index contributed by atoms with van der Waals surface area (Å²) in [5.74, 6) is 3.07. The van der Waals surface area contributed by atoms with Gasteiger partial charge < -0.3 is 14.6 Å². The van der Waals surface area contributed by atoms with Crippen molar-refractivity contribution in [1.82, 2.24) is 14.5 Å². The molecule has 2 amide bonds. The Kier molecular flexibility index (Phi) is 6.62. The van der Waals surface area contributed by atoms with Crippen LogP contribution in [0.2, 0.25) is 0 Å². The molecule has 2 aliphatic rings. The molecule has 1 heterocycles. The molecule has 0 aliphatic heterocycles. The lowest BCUT2D eigenvalue weighted by atomic mass is 10.2. The first kappa shape index (κ1) is 22.9. The first-order chi connectivity index (χ1) is 15.3. The van der Waals surface area contributed by atoms with Crippen LogP contribution in [0.5, 0.6) is 0 Å². The van der Waals surface area contributed by atoms with E-state index in [-0.39, 0.29) is 17.0 Å². The monoisotopic (exact) mass is 459 g/mol. The summed E-state index contributed by atoms with van der Waals surface area (Å²) in [7, 11) is -3.48. The average Bonchev–Trinajstić information content (AvgIpc) is 3.70. The van der Waals surface area contributed by atoms with Gasteiger partial charge in [0, 0.05) is 31.6 Å². The molecule has 0 radical (unpaired) electrons. The van der Waals surface area contributed by atoms with Crippen molar-refractivity contribution in [3.05, 3.63) is 53.5 Å². The molecule has 2 fully saturated rings. The Morgan fingerprint density at radius 3 is 2.31 bits per heavy atom. The number of amides is 2. The van der Waals surface area contributed by atoms with Gasteiger partial charge in [0.1, 0.15) is 11.5 Å². The van der Waals surface area contributed by atoms with Crippen LogP contribution in [0.4, 0.5) is 4.79 Å². The van der Waals surface area contributed by atoms with Crippen molar-refractivity contribution in [3.8, 4) is 0 Å². The highest BCUT2D eigenvalue weighted by molar-refractivity contribution is 7.89. The second-order valence-corrected chi connectivity index (χ2v) is 10.8. The van der Waals surface area contributed by atoms with Gasteiger partial charge in [-0.2, -0.15) is 4.31 Å². The Morgan fingerprint density at radius 2 is 1.75 bits per heavy atom. The van der Waals surface area contributed by atoms with Gasteiger partial charge in [-0.25, -0.2) is 13.2 Å². The fourth-order valence-electron chi connectivity index (χ4n) is 4.09. The number of urea groups is 1. The van der Waals surface area contributed by atoms with Crippen LogP contribution in [0.1, 0.15) is 63.0 Å². The molecule has 0 saturated heterocycles. The SMILES string of the molecule is CCN(CC)S(=O)(=O)c1ccc(CNC(=O)N(Cc2ccc(C3CC3C)o2)C2CC2)cc1. The van der Waals surface area contributed by atoms with Crippen molar-refractivity contribution in [2.75, 3.05) is 13.1 Å². The summed E-state index contributed by atoms with van der Waals surface area (Å²) >= 11 is 0. The number of hydrogen-bond acceptors (Lipinski definition) is 4. The molecule has 0 spiro atoms. The number of furan rings is 1. The molecule has 1 aromatic carbocycles. The van der Waals surface area contributed by atoms with Crippen LogP contribution in [-0.4, -0.2) is 42.8 Å². The first-order valence-corrected chi connectivity index (χ1v) is 13.0. The summed E-state index contributed by atoms with van der Waals surface area (Å²) in [6, 6.07) is 10.9. The van der Waals surface area contributed by atoms with Gasteiger partial charge in [-0.1, -0.05) is 32.9 Å². The second kappa shape index (κ2) is 9.27. The maximum atomic E-state index is 12.9. The number of rotatable bonds is 10. The molecule has 2 unspecified atom stereocenters. The molecule has 4 rings (SSSR count). The van der Waals surface area contributed by atoms with Crippen molar-refractivity contribution in [2.45, 2.75) is 70.0 Å². The van der Waals surface area contributed by atoms with Gasteiger partial charge in [0.2, 0.25) is 10.0 Å². The van der Waals surface area contributed by atoms with Gasteiger partial charge in [0.25, 0.3) is 0 Å². The Hall–Kier alpha value is -2.32. The van der Waals surface area contributed by atoms with E-state index in [1.807, 2.05) is 30.9 Å². The minimum atomic E-state index is -3.48. The molecule has 1 N–H and O–H groups in total. The number of carbonyl (C=O) groups is 1. The number of benzene rings is 1. The number of nitrogens with one attached hydrogen (secondary N) is 1. The van der Waals surface area contributed by atoms with Crippen LogP contribution >= 0.6 is 0 Å². The molecule has 2 saturated carbocycles. The highest BCUT2D eigenvalue weighted by atomic mass is 32.2. The fraction of sp³-hybridized carbons (Fsp3) is 0.542. The van der Waals surface area contributed by atoms with Crippen molar-refractivity contribution in [1.29, 1.82) is 0 Å². The van der Waals surface area contributed by atoms with Crippen LogP contribution in [0.3, 0.4) is 0 Å². The molecule has 8 heteroatoms. The van der Waals surface area contributed by atoms with E-state index in [4.69, 9.17) is 4.42 Å². The molecule has 1 aromatic heterocycles. The summed E-state index contributed by atoms with van der Waals surface area (Å²) in [6.07, 6.45) is 3.20. The molecule has 0 bridgehead atoms. The minimum absolute atomic E-state index is 0.120. The van der Waals surface area contributed by atoms with E-state index in [9.17, 15) is 13.2 Å². The maximum Gasteiger partial charge on any atom is 0.318 e. The zero-order valence-electron chi connectivity index (χ0n) is 19.1. The molecule has 7 nitrogen and oxygen atoms in total. The largest absolute Gasteiger partial charge is 0.464 e. The first-order valence-electron chi connectivity index (χ1n) is 11.6. The Morgan fingerprint density at radius 1 is 1.09 bits per heavy atom. The van der Waals surface area contributed by atoms with Crippen molar-refractivity contribution in [2.24, 2.45) is 5.92 Å². The van der Waals surface area contributed by atoms with E-state index in [1.54, 1.807) is 24.3 Å². The van der Waals surface area contributed by atoms with Gasteiger partial charge in [-0.15, -0.1) is 0 Å². The minimum Gasteiger partial charge on any atom is -0.464 e. The van der Waals surface area contributed by atoms with E-state index < -0.39 is 10.0 Å². The topological polar surface area (TPSA) is 82.9 Å². The lowest BCUT2D eigenvalue weighted by Gasteiger charge is -2.22. The summed E-state index contributed by atoms with van der Waals surface area (Å²) in [5.41, 5.74) is 0.857. The third kappa shape index (κ3) is 5.02. The maximum absolute atomic E-state index is 12.9. The van der Waals surface area contributed by atoms with Crippen LogP contribution in [-0.2, 0) is 23.1 Å². The van der Waals surface area contributed by atoms with E-state index in [2.05, 4.69) is 12.2 Å². The smallest absolute Gasteiger partial charge is 0.318 e. The summed E-state index contributed by atoms with van der Waals surface area (Å²) in [4.78, 5) is 15.0. The molecular formula is C24H33N3O4S. The molecule has 32 heavy (non-hydrogen) atoms. The number of nitrogens with zero attached hydrogens (tertiary/aromatic N) is 2. The predicted octanol–water partition coefficient (Wildman–Crippen LogP) is 4.31. The number of carbonyl (C=O) groups excluding carboxylic acids is 1. The number of hydrogen-bond donors (Lipinski definition) is 1. The fourth-order valence-corrected chi connectivity index (χ4v) is 5.55. The highest BCUT2D eigenvalue weighted by Crippen LogP contribution is 2.47. The normalized spacial score (nSPS) is 20.4. The Balaban J connectivity index is 1.35. The van der Waals surface area contributed by atoms with Crippen molar-refractivity contribution in [3.63, 3.8) is 0 Å². The summed E-state index contributed by atoms with van der Waals surface area (Å²) in [5, 5.41) is 2.98. The Bertz CT molecular complexity index is 1040. The van der Waals surface area contributed by atoms with E-state index in [0.717, 1.165) is 29.9 Å². The lowest BCUT2D eigenvalue weighted by molar-refractivity contribution is 0.186. The third-order valence-corrected chi connectivity index (χ3v) is 8.51. The highest BCUT2D eigenvalue weighted by Gasteiger charge is 2.37. The predicted molar refractivity (Wildman–Crippen MR) is 123 cm³/mol. The molecular weight excluding hydrogens is 426 g/mol. The standard InChI is InChI=1S/C24H33N3O4S/c1-4-26(5-2)32(29,30)21-11-6-18(7-12-21)15-25-24(28)27(19-8-9-19)16-20-10-13-23(31-20)22-14-17(22)3/h6-7,10-13,17,19,22H,4-5,8-9,14-16H2,1-3H3,(H,25,28).